The van der Waals surface area contributed by atoms with Crippen LogP contribution >= 0.6 is 11.6 Å². The summed E-state index contributed by atoms with van der Waals surface area (Å²) in [6.07, 6.45) is 0.871. The first-order chi connectivity index (χ1) is 5.77. The molecule has 0 fully saturated rings. The van der Waals surface area contributed by atoms with Crippen LogP contribution in [0.5, 0.6) is 0 Å². The SMILES string of the molecule is CNc1ccc(CCCl)cc1N. The first-order valence-electron chi connectivity index (χ1n) is 3.90. The summed E-state index contributed by atoms with van der Waals surface area (Å²) >= 11 is 5.61. The van der Waals surface area contributed by atoms with E-state index in [-0.39, 0.29) is 0 Å². The lowest BCUT2D eigenvalue weighted by atomic mass is 10.1. The molecular formula is C9H13ClN2. The highest BCUT2D eigenvalue weighted by Gasteiger charge is 1.97. The number of halogens is 1. The van der Waals surface area contributed by atoms with E-state index in [1.807, 2.05) is 25.2 Å². The van der Waals surface area contributed by atoms with Crippen LogP contribution in [0.2, 0.25) is 0 Å². The molecule has 1 rings (SSSR count). The lowest BCUT2D eigenvalue weighted by Crippen LogP contribution is -1.97. The van der Waals surface area contributed by atoms with E-state index >= 15 is 0 Å². The van der Waals surface area contributed by atoms with Crippen LogP contribution in [-0.4, -0.2) is 12.9 Å². The Bertz CT molecular complexity index is 261. The molecule has 0 saturated carbocycles. The van der Waals surface area contributed by atoms with Gasteiger partial charge in [0.15, 0.2) is 0 Å². The second-order valence-corrected chi connectivity index (χ2v) is 2.99. The first-order valence-corrected chi connectivity index (χ1v) is 4.43. The molecule has 0 heterocycles. The van der Waals surface area contributed by atoms with Crippen molar-refractivity contribution >= 4 is 23.0 Å². The molecule has 1 aromatic carbocycles. The van der Waals surface area contributed by atoms with Crippen molar-refractivity contribution in [3.63, 3.8) is 0 Å². The fourth-order valence-electron chi connectivity index (χ4n) is 1.10. The molecule has 0 aliphatic heterocycles. The topological polar surface area (TPSA) is 38.0 Å². The third-order valence-electron chi connectivity index (χ3n) is 1.77. The van der Waals surface area contributed by atoms with Crippen molar-refractivity contribution < 1.29 is 0 Å². The maximum atomic E-state index is 5.76. The van der Waals surface area contributed by atoms with E-state index in [0.29, 0.717) is 5.88 Å². The number of anilines is 2. The second kappa shape index (κ2) is 4.21. The molecule has 2 nitrogen and oxygen atoms in total. The maximum absolute atomic E-state index is 5.76. The van der Waals surface area contributed by atoms with Crippen molar-refractivity contribution in [2.24, 2.45) is 0 Å². The maximum Gasteiger partial charge on any atom is 0.0571 e. The van der Waals surface area contributed by atoms with Gasteiger partial charge in [0.2, 0.25) is 0 Å². The van der Waals surface area contributed by atoms with Crippen LogP contribution in [0, 0.1) is 0 Å². The lowest BCUT2D eigenvalue weighted by Gasteiger charge is -2.06. The lowest BCUT2D eigenvalue weighted by molar-refractivity contribution is 1.15. The number of aryl methyl sites for hydroxylation is 1. The second-order valence-electron chi connectivity index (χ2n) is 2.61. The van der Waals surface area contributed by atoms with Gasteiger partial charge in [0.1, 0.15) is 0 Å². The molecule has 0 spiro atoms. The first kappa shape index (κ1) is 9.20. The molecule has 0 bridgehead atoms. The molecule has 66 valence electrons. The van der Waals surface area contributed by atoms with Crippen molar-refractivity contribution in [3.8, 4) is 0 Å². The number of alkyl halides is 1. The smallest absolute Gasteiger partial charge is 0.0571 e. The van der Waals surface area contributed by atoms with Gasteiger partial charge in [0, 0.05) is 12.9 Å². The third-order valence-corrected chi connectivity index (χ3v) is 1.96. The summed E-state index contributed by atoms with van der Waals surface area (Å²) < 4.78 is 0. The van der Waals surface area contributed by atoms with Gasteiger partial charge in [0.05, 0.1) is 11.4 Å². The van der Waals surface area contributed by atoms with Crippen LogP contribution in [0.15, 0.2) is 18.2 Å². The largest absolute Gasteiger partial charge is 0.397 e. The average molecular weight is 185 g/mol. The average Bonchev–Trinajstić information content (AvgIpc) is 2.05. The standard InChI is InChI=1S/C9H13ClN2/c1-12-9-3-2-7(4-5-10)6-8(9)11/h2-3,6,12H,4-5,11H2,1H3. The van der Waals surface area contributed by atoms with Crippen LogP contribution in [0.1, 0.15) is 5.56 Å². The minimum Gasteiger partial charge on any atom is -0.397 e. The zero-order valence-corrected chi connectivity index (χ0v) is 7.86. The Kier molecular flexibility index (Phi) is 3.23. The fraction of sp³-hybridized carbons (Fsp3) is 0.333. The van der Waals surface area contributed by atoms with Crippen LogP contribution in [-0.2, 0) is 6.42 Å². The highest BCUT2D eigenvalue weighted by Crippen LogP contribution is 2.19. The molecule has 3 heteroatoms. The van der Waals surface area contributed by atoms with E-state index in [1.54, 1.807) is 0 Å². The summed E-state index contributed by atoms with van der Waals surface area (Å²) in [5, 5.41) is 3.01. The number of nitrogens with one attached hydrogen (secondary N) is 1. The molecule has 0 aliphatic rings. The summed E-state index contributed by atoms with van der Waals surface area (Å²) in [6, 6.07) is 5.95. The van der Waals surface area contributed by atoms with Crippen molar-refractivity contribution in [2.45, 2.75) is 6.42 Å². The van der Waals surface area contributed by atoms with Crippen molar-refractivity contribution in [1.82, 2.24) is 0 Å². The predicted molar refractivity (Wildman–Crippen MR) is 54.8 cm³/mol. The van der Waals surface area contributed by atoms with Crippen LogP contribution in [0.4, 0.5) is 11.4 Å². The van der Waals surface area contributed by atoms with Gasteiger partial charge in [0.25, 0.3) is 0 Å². The highest BCUT2D eigenvalue weighted by molar-refractivity contribution is 6.18. The van der Waals surface area contributed by atoms with E-state index < -0.39 is 0 Å². The number of hydrogen-bond donors (Lipinski definition) is 2. The summed E-state index contributed by atoms with van der Waals surface area (Å²) in [6.45, 7) is 0. The van der Waals surface area contributed by atoms with Crippen molar-refractivity contribution in [3.05, 3.63) is 23.8 Å². The Morgan fingerprint density at radius 2 is 2.25 bits per heavy atom. The molecule has 0 aliphatic carbocycles. The number of nitrogen functional groups attached to an aromatic ring is 1. The van der Waals surface area contributed by atoms with Gasteiger partial charge < -0.3 is 11.1 Å². The van der Waals surface area contributed by atoms with Gasteiger partial charge in [-0.2, -0.15) is 0 Å². The van der Waals surface area contributed by atoms with Crippen LogP contribution in [0.25, 0.3) is 0 Å². The normalized spacial score (nSPS) is 9.83. The molecule has 0 aromatic heterocycles. The summed E-state index contributed by atoms with van der Waals surface area (Å²) in [5.41, 5.74) is 8.68. The van der Waals surface area contributed by atoms with Crippen molar-refractivity contribution in [2.75, 3.05) is 24.0 Å². The van der Waals surface area contributed by atoms with Gasteiger partial charge >= 0.3 is 0 Å². The molecule has 1 aromatic rings. The monoisotopic (exact) mass is 184 g/mol. The summed E-state index contributed by atoms with van der Waals surface area (Å²) in [4.78, 5) is 0. The van der Waals surface area contributed by atoms with Gasteiger partial charge in [-0.25, -0.2) is 0 Å². The number of nitrogens with two attached hydrogens (primary N) is 1. The van der Waals surface area contributed by atoms with Gasteiger partial charge in [-0.1, -0.05) is 6.07 Å². The molecule has 0 unspecified atom stereocenters. The van der Waals surface area contributed by atoms with Crippen LogP contribution in [0.3, 0.4) is 0 Å². The Balaban J connectivity index is 2.86. The van der Waals surface area contributed by atoms with E-state index in [9.17, 15) is 0 Å². The molecule has 3 N–H and O–H groups in total. The van der Waals surface area contributed by atoms with Crippen LogP contribution < -0.4 is 11.1 Å². The Labute approximate surface area is 77.7 Å². The molecule has 0 atom stereocenters. The highest BCUT2D eigenvalue weighted by atomic mass is 35.5. The summed E-state index contributed by atoms with van der Waals surface area (Å²) in [5.74, 6) is 0.637. The molecule has 12 heavy (non-hydrogen) atoms. The number of hydrogen-bond acceptors (Lipinski definition) is 2. The third kappa shape index (κ3) is 2.05. The minimum absolute atomic E-state index is 0.637. The van der Waals surface area contributed by atoms with E-state index in [2.05, 4.69) is 5.32 Å². The zero-order valence-electron chi connectivity index (χ0n) is 7.10. The Morgan fingerprint density at radius 1 is 1.50 bits per heavy atom. The molecule has 0 radical (unpaired) electrons. The fourth-order valence-corrected chi connectivity index (χ4v) is 1.32. The Morgan fingerprint density at radius 3 is 2.75 bits per heavy atom. The quantitative estimate of drug-likeness (QED) is 0.558. The van der Waals surface area contributed by atoms with E-state index in [4.69, 9.17) is 17.3 Å². The molecule has 0 saturated heterocycles. The zero-order chi connectivity index (χ0) is 8.97. The van der Waals surface area contributed by atoms with E-state index in [1.165, 1.54) is 5.56 Å². The van der Waals surface area contributed by atoms with Gasteiger partial charge in [-0.15, -0.1) is 11.6 Å². The number of rotatable bonds is 3. The predicted octanol–water partition coefficient (Wildman–Crippen LogP) is 2.09. The minimum atomic E-state index is 0.637. The van der Waals surface area contributed by atoms with E-state index in [0.717, 1.165) is 17.8 Å². The molecule has 0 amide bonds. The number of benzene rings is 1. The molecular weight excluding hydrogens is 172 g/mol. The van der Waals surface area contributed by atoms with Crippen molar-refractivity contribution in [1.29, 1.82) is 0 Å². The Hall–Kier alpha value is -0.890. The van der Waals surface area contributed by atoms with Gasteiger partial charge in [-0.05, 0) is 24.1 Å². The van der Waals surface area contributed by atoms with Gasteiger partial charge in [-0.3, -0.25) is 0 Å². The summed E-state index contributed by atoms with van der Waals surface area (Å²) in [7, 11) is 1.85.